The van der Waals surface area contributed by atoms with Crippen molar-refractivity contribution < 1.29 is 9.18 Å². The molecule has 1 aliphatic rings. The molecule has 1 saturated heterocycles. The summed E-state index contributed by atoms with van der Waals surface area (Å²) in [6, 6.07) is 4.91. The number of carbonyl (C=O) groups excluding carboxylic acids is 1. The van der Waals surface area contributed by atoms with E-state index >= 15 is 0 Å². The highest BCUT2D eigenvalue weighted by Crippen LogP contribution is 2.22. The second kappa shape index (κ2) is 6.65. The van der Waals surface area contributed by atoms with Crippen molar-refractivity contribution in [3.63, 3.8) is 0 Å². The zero-order valence-electron chi connectivity index (χ0n) is 11.4. The zero-order valence-corrected chi connectivity index (χ0v) is 13.0. The standard InChI is InChI=1S/C14H19BrFN3O/c1-9-4-10(6-17)7-19(9)8-14(20)18-13-3-2-11(15)5-12(13)16/h2-3,5,9-10H,4,6-8,17H2,1H3,(H,18,20). The van der Waals surface area contributed by atoms with E-state index in [-0.39, 0.29) is 18.1 Å². The first kappa shape index (κ1) is 15.4. The lowest BCUT2D eigenvalue weighted by molar-refractivity contribution is -0.117. The van der Waals surface area contributed by atoms with Crippen LogP contribution in [0.4, 0.5) is 10.1 Å². The number of nitrogens with one attached hydrogen (secondary N) is 1. The monoisotopic (exact) mass is 343 g/mol. The van der Waals surface area contributed by atoms with Gasteiger partial charge in [0, 0.05) is 17.1 Å². The van der Waals surface area contributed by atoms with Gasteiger partial charge >= 0.3 is 0 Å². The predicted molar refractivity (Wildman–Crippen MR) is 80.9 cm³/mol. The number of hydrogen-bond donors (Lipinski definition) is 2. The first-order valence-electron chi connectivity index (χ1n) is 6.68. The predicted octanol–water partition coefficient (Wildman–Crippen LogP) is 2.20. The largest absolute Gasteiger partial charge is 0.330 e. The topological polar surface area (TPSA) is 58.4 Å². The van der Waals surface area contributed by atoms with Crippen LogP contribution in [0, 0.1) is 11.7 Å². The van der Waals surface area contributed by atoms with Crippen LogP contribution in [0.1, 0.15) is 13.3 Å². The fraction of sp³-hybridized carbons (Fsp3) is 0.500. The number of nitrogens with zero attached hydrogens (tertiary/aromatic N) is 1. The van der Waals surface area contributed by atoms with Crippen molar-refractivity contribution in [2.24, 2.45) is 11.7 Å². The third-order valence-corrected chi connectivity index (χ3v) is 4.17. The Bertz CT molecular complexity index is 497. The first-order valence-corrected chi connectivity index (χ1v) is 7.48. The molecule has 110 valence electrons. The maximum Gasteiger partial charge on any atom is 0.238 e. The number of carbonyl (C=O) groups is 1. The number of anilines is 1. The molecular weight excluding hydrogens is 325 g/mol. The van der Waals surface area contributed by atoms with E-state index in [0.29, 0.717) is 23.0 Å². The molecular formula is C14H19BrFN3O. The lowest BCUT2D eigenvalue weighted by atomic mass is 10.1. The van der Waals surface area contributed by atoms with Crippen molar-refractivity contribution >= 4 is 27.5 Å². The molecule has 6 heteroatoms. The summed E-state index contributed by atoms with van der Waals surface area (Å²) < 4.78 is 14.3. The Morgan fingerprint density at radius 1 is 1.60 bits per heavy atom. The Labute approximate surface area is 126 Å². The summed E-state index contributed by atoms with van der Waals surface area (Å²) >= 11 is 3.18. The molecule has 1 fully saturated rings. The van der Waals surface area contributed by atoms with Gasteiger partial charge in [0.2, 0.25) is 5.91 Å². The lowest BCUT2D eigenvalue weighted by Gasteiger charge is -2.20. The van der Waals surface area contributed by atoms with Crippen LogP contribution in [0.5, 0.6) is 0 Å². The minimum absolute atomic E-state index is 0.198. The highest BCUT2D eigenvalue weighted by Gasteiger charge is 2.29. The third kappa shape index (κ3) is 3.77. The van der Waals surface area contributed by atoms with Gasteiger partial charge in [-0.15, -0.1) is 0 Å². The highest BCUT2D eigenvalue weighted by atomic mass is 79.9. The quantitative estimate of drug-likeness (QED) is 0.880. The van der Waals surface area contributed by atoms with Gasteiger partial charge in [0.05, 0.1) is 12.2 Å². The summed E-state index contributed by atoms with van der Waals surface area (Å²) in [5.74, 6) is -0.194. The Kier molecular flexibility index (Phi) is 5.12. The summed E-state index contributed by atoms with van der Waals surface area (Å²) in [5, 5.41) is 2.61. The van der Waals surface area contributed by atoms with Gasteiger partial charge in [0.1, 0.15) is 5.82 Å². The maximum absolute atomic E-state index is 13.6. The lowest BCUT2D eigenvalue weighted by Crippen LogP contribution is -2.36. The molecule has 1 amide bonds. The smallest absolute Gasteiger partial charge is 0.238 e. The molecule has 0 aromatic heterocycles. The van der Waals surface area contributed by atoms with Crippen molar-refractivity contribution in [3.05, 3.63) is 28.5 Å². The van der Waals surface area contributed by atoms with Gasteiger partial charge in [0.25, 0.3) is 0 Å². The number of halogens is 2. The van der Waals surface area contributed by atoms with Gasteiger partial charge < -0.3 is 11.1 Å². The number of rotatable bonds is 4. The molecule has 0 aliphatic carbocycles. The second-order valence-corrected chi connectivity index (χ2v) is 6.20. The molecule has 1 aromatic rings. The molecule has 3 N–H and O–H groups in total. The van der Waals surface area contributed by atoms with Gasteiger partial charge in [-0.05, 0) is 44.0 Å². The highest BCUT2D eigenvalue weighted by molar-refractivity contribution is 9.10. The molecule has 4 nitrogen and oxygen atoms in total. The summed E-state index contributed by atoms with van der Waals surface area (Å²) in [4.78, 5) is 14.1. The van der Waals surface area contributed by atoms with Crippen LogP contribution in [0.2, 0.25) is 0 Å². The van der Waals surface area contributed by atoms with Gasteiger partial charge in [0.15, 0.2) is 0 Å². The van der Waals surface area contributed by atoms with E-state index in [9.17, 15) is 9.18 Å². The maximum atomic E-state index is 13.6. The fourth-order valence-corrected chi connectivity index (χ4v) is 2.91. The molecule has 2 unspecified atom stereocenters. The average molecular weight is 344 g/mol. The number of benzene rings is 1. The van der Waals surface area contributed by atoms with Crippen molar-refractivity contribution in [3.8, 4) is 0 Å². The van der Waals surface area contributed by atoms with E-state index in [0.717, 1.165) is 13.0 Å². The van der Waals surface area contributed by atoms with E-state index in [2.05, 4.69) is 33.1 Å². The van der Waals surface area contributed by atoms with Crippen LogP contribution in [0.3, 0.4) is 0 Å². The van der Waals surface area contributed by atoms with Crippen LogP contribution in [-0.2, 0) is 4.79 Å². The Morgan fingerprint density at radius 2 is 2.35 bits per heavy atom. The molecule has 1 heterocycles. The third-order valence-electron chi connectivity index (χ3n) is 3.68. The fourth-order valence-electron chi connectivity index (χ4n) is 2.57. The van der Waals surface area contributed by atoms with Gasteiger partial charge in [-0.2, -0.15) is 0 Å². The summed E-state index contributed by atoms with van der Waals surface area (Å²) in [6.07, 6.45) is 1.01. The van der Waals surface area contributed by atoms with Crippen LogP contribution in [0.15, 0.2) is 22.7 Å². The van der Waals surface area contributed by atoms with E-state index in [4.69, 9.17) is 5.73 Å². The molecule has 0 radical (unpaired) electrons. The number of nitrogens with two attached hydrogens (primary N) is 1. The molecule has 1 aromatic carbocycles. The molecule has 2 atom stereocenters. The molecule has 20 heavy (non-hydrogen) atoms. The van der Waals surface area contributed by atoms with E-state index in [1.54, 1.807) is 12.1 Å². The first-order chi connectivity index (χ1) is 9.49. The van der Waals surface area contributed by atoms with E-state index in [1.807, 2.05) is 0 Å². The van der Waals surface area contributed by atoms with Crippen LogP contribution in [-0.4, -0.2) is 36.5 Å². The van der Waals surface area contributed by atoms with Gasteiger partial charge in [-0.1, -0.05) is 15.9 Å². The van der Waals surface area contributed by atoms with Crippen LogP contribution >= 0.6 is 15.9 Å². The molecule has 1 aliphatic heterocycles. The minimum atomic E-state index is -0.443. The summed E-state index contributed by atoms with van der Waals surface area (Å²) in [6.45, 7) is 3.83. The van der Waals surface area contributed by atoms with Crippen molar-refractivity contribution in [2.45, 2.75) is 19.4 Å². The van der Waals surface area contributed by atoms with Gasteiger partial charge in [-0.3, -0.25) is 9.69 Å². The summed E-state index contributed by atoms with van der Waals surface area (Å²) in [7, 11) is 0. The molecule has 0 bridgehead atoms. The second-order valence-electron chi connectivity index (χ2n) is 5.29. The van der Waals surface area contributed by atoms with Crippen molar-refractivity contribution in [2.75, 3.05) is 25.0 Å². The Morgan fingerprint density at radius 3 is 2.95 bits per heavy atom. The molecule has 0 saturated carbocycles. The molecule has 0 spiro atoms. The molecule has 2 rings (SSSR count). The summed E-state index contributed by atoms with van der Waals surface area (Å²) in [5.41, 5.74) is 5.87. The zero-order chi connectivity index (χ0) is 14.7. The normalized spacial score (nSPS) is 23.0. The van der Waals surface area contributed by atoms with Crippen molar-refractivity contribution in [1.29, 1.82) is 0 Å². The Hall–Kier alpha value is -0.980. The minimum Gasteiger partial charge on any atom is -0.330 e. The average Bonchev–Trinajstić information content (AvgIpc) is 2.74. The SMILES string of the molecule is CC1CC(CN)CN1CC(=O)Nc1ccc(Br)cc1F. The number of likely N-dealkylation sites (tertiary alicyclic amines) is 1. The number of hydrogen-bond acceptors (Lipinski definition) is 3. The van der Waals surface area contributed by atoms with E-state index < -0.39 is 5.82 Å². The van der Waals surface area contributed by atoms with Crippen LogP contribution in [0.25, 0.3) is 0 Å². The van der Waals surface area contributed by atoms with Gasteiger partial charge in [-0.25, -0.2) is 4.39 Å². The van der Waals surface area contributed by atoms with E-state index in [1.165, 1.54) is 6.07 Å². The van der Waals surface area contributed by atoms with Crippen LogP contribution < -0.4 is 11.1 Å². The van der Waals surface area contributed by atoms with Crippen molar-refractivity contribution in [1.82, 2.24) is 4.90 Å². The Balaban J connectivity index is 1.92. The number of amides is 1.